The Hall–Kier alpha value is -2.30. The van der Waals surface area contributed by atoms with Gasteiger partial charge in [-0.25, -0.2) is 9.78 Å². The lowest BCUT2D eigenvalue weighted by atomic mass is 10.1. The van der Waals surface area contributed by atoms with E-state index < -0.39 is 5.97 Å². The van der Waals surface area contributed by atoms with Gasteiger partial charge in [-0.1, -0.05) is 0 Å². The summed E-state index contributed by atoms with van der Waals surface area (Å²) in [5, 5.41) is 19.2. The topological polar surface area (TPSA) is 73.7 Å². The second-order valence-electron chi connectivity index (χ2n) is 3.93. The minimum atomic E-state index is -1.15. The van der Waals surface area contributed by atoms with E-state index in [9.17, 15) is 9.90 Å². The molecule has 0 saturated heterocycles. The van der Waals surface area contributed by atoms with E-state index in [1.54, 1.807) is 12.1 Å². The van der Waals surface area contributed by atoms with E-state index in [2.05, 4.69) is 4.98 Å². The van der Waals surface area contributed by atoms with Gasteiger partial charge in [0.2, 0.25) is 0 Å². The van der Waals surface area contributed by atoms with Gasteiger partial charge >= 0.3 is 5.97 Å². The van der Waals surface area contributed by atoms with Crippen LogP contribution in [0.5, 0.6) is 5.75 Å². The highest BCUT2D eigenvalue weighted by Gasteiger charge is 2.10. The van der Waals surface area contributed by atoms with Crippen LogP contribution in [0.25, 0.3) is 10.9 Å². The number of rotatable bonds is 2. The number of hydrogen-bond donors (Lipinski definition) is 2. The average molecular weight is 232 g/mol. The van der Waals surface area contributed by atoms with Gasteiger partial charge in [0.15, 0.2) is 5.69 Å². The minimum absolute atomic E-state index is 0.0731. The van der Waals surface area contributed by atoms with E-state index in [4.69, 9.17) is 5.11 Å². The van der Waals surface area contributed by atoms with Gasteiger partial charge in [0.1, 0.15) is 5.75 Å². The molecular formula is C12H12N2O3. The maximum atomic E-state index is 10.8. The van der Waals surface area contributed by atoms with Crippen molar-refractivity contribution in [3.63, 3.8) is 0 Å². The van der Waals surface area contributed by atoms with Crippen molar-refractivity contribution in [3.8, 4) is 5.75 Å². The molecule has 2 aromatic rings. The molecule has 0 unspecified atom stereocenters. The van der Waals surface area contributed by atoms with Crippen LogP contribution in [0, 0.1) is 0 Å². The van der Waals surface area contributed by atoms with E-state index in [1.807, 2.05) is 25.1 Å². The van der Waals surface area contributed by atoms with Crippen LogP contribution in [0.2, 0.25) is 0 Å². The highest BCUT2D eigenvalue weighted by molar-refractivity contribution is 5.94. The summed E-state index contributed by atoms with van der Waals surface area (Å²) in [6, 6.07) is 6.44. The Morgan fingerprint density at radius 3 is 2.59 bits per heavy atom. The van der Waals surface area contributed by atoms with Gasteiger partial charge in [0.05, 0.1) is 5.52 Å². The molecule has 0 bridgehead atoms. The molecule has 0 aliphatic rings. The smallest absolute Gasteiger partial charge is 0.354 e. The molecule has 5 nitrogen and oxygen atoms in total. The normalized spacial score (nSPS) is 10.5. The van der Waals surface area contributed by atoms with Crippen molar-refractivity contribution in [2.24, 2.45) is 0 Å². The maximum absolute atomic E-state index is 10.8. The Bertz CT molecular complexity index is 594. The van der Waals surface area contributed by atoms with Gasteiger partial charge in [-0.2, -0.15) is 0 Å². The predicted octanol–water partition coefficient (Wildman–Crippen LogP) is 1.70. The maximum Gasteiger partial charge on any atom is 0.354 e. The molecule has 0 fully saturated rings. The van der Waals surface area contributed by atoms with Crippen LogP contribution >= 0.6 is 0 Å². The molecule has 1 heterocycles. The molecule has 2 N–H and O–H groups in total. The lowest BCUT2D eigenvalue weighted by Gasteiger charge is -2.13. The molecule has 0 atom stereocenters. The van der Waals surface area contributed by atoms with Gasteiger partial charge in [-0.05, 0) is 18.2 Å². The standard InChI is InChI=1S/C12H12N2O3/c1-14(2)7-3-4-9-8(5-7)11(15)6-10(13-9)12(16)17/h3-6H,1-2H3,(H,13,15)(H,16,17). The van der Waals surface area contributed by atoms with Crippen LogP contribution in [-0.2, 0) is 0 Å². The van der Waals surface area contributed by atoms with E-state index in [0.717, 1.165) is 11.8 Å². The monoisotopic (exact) mass is 232 g/mol. The number of anilines is 1. The summed E-state index contributed by atoms with van der Waals surface area (Å²) in [5.74, 6) is -1.23. The number of hydrogen-bond acceptors (Lipinski definition) is 4. The Morgan fingerprint density at radius 2 is 2.00 bits per heavy atom. The van der Waals surface area contributed by atoms with Gasteiger partial charge in [0, 0.05) is 31.2 Å². The number of aromatic hydroxyl groups is 1. The van der Waals surface area contributed by atoms with E-state index >= 15 is 0 Å². The van der Waals surface area contributed by atoms with Crippen molar-refractivity contribution >= 4 is 22.6 Å². The zero-order valence-corrected chi connectivity index (χ0v) is 9.51. The van der Waals surface area contributed by atoms with E-state index in [0.29, 0.717) is 10.9 Å². The molecule has 0 radical (unpaired) electrons. The summed E-state index contributed by atoms with van der Waals surface area (Å²) in [5.41, 5.74) is 1.22. The summed E-state index contributed by atoms with van der Waals surface area (Å²) in [6.45, 7) is 0. The molecule has 0 aliphatic heterocycles. The van der Waals surface area contributed by atoms with Crippen LogP contribution < -0.4 is 4.90 Å². The van der Waals surface area contributed by atoms with Crippen LogP contribution in [-0.4, -0.2) is 35.3 Å². The number of carbonyl (C=O) groups is 1. The quantitative estimate of drug-likeness (QED) is 0.824. The highest BCUT2D eigenvalue weighted by Crippen LogP contribution is 2.27. The Morgan fingerprint density at radius 1 is 1.29 bits per heavy atom. The van der Waals surface area contributed by atoms with Gasteiger partial charge in [-0.3, -0.25) is 0 Å². The second kappa shape index (κ2) is 3.93. The fourth-order valence-corrected chi connectivity index (χ4v) is 1.58. The van der Waals surface area contributed by atoms with Crippen molar-refractivity contribution in [3.05, 3.63) is 30.0 Å². The predicted molar refractivity (Wildman–Crippen MR) is 64.7 cm³/mol. The first-order valence-corrected chi connectivity index (χ1v) is 5.03. The molecule has 2 rings (SSSR count). The number of fused-ring (bicyclic) bond motifs is 1. The van der Waals surface area contributed by atoms with E-state index in [-0.39, 0.29) is 11.4 Å². The lowest BCUT2D eigenvalue weighted by molar-refractivity contribution is 0.0690. The number of carboxylic acid groups (broad SMARTS) is 1. The third kappa shape index (κ3) is 1.99. The largest absolute Gasteiger partial charge is 0.507 e. The number of carboxylic acids is 1. The first kappa shape index (κ1) is 11.2. The van der Waals surface area contributed by atoms with Gasteiger partial charge in [-0.15, -0.1) is 0 Å². The summed E-state index contributed by atoms with van der Waals surface area (Å²) in [6.07, 6.45) is 0. The number of aromatic nitrogens is 1. The molecule has 0 amide bonds. The average Bonchev–Trinajstić information content (AvgIpc) is 2.28. The molecule has 17 heavy (non-hydrogen) atoms. The second-order valence-corrected chi connectivity index (χ2v) is 3.93. The molecular weight excluding hydrogens is 220 g/mol. The zero-order valence-electron chi connectivity index (χ0n) is 9.51. The molecule has 0 spiro atoms. The van der Waals surface area contributed by atoms with E-state index in [1.165, 1.54) is 0 Å². The van der Waals surface area contributed by atoms with Crippen molar-refractivity contribution in [2.75, 3.05) is 19.0 Å². The van der Waals surface area contributed by atoms with Gasteiger partial charge in [0.25, 0.3) is 0 Å². The molecule has 1 aromatic heterocycles. The number of aromatic carboxylic acids is 1. The van der Waals surface area contributed by atoms with Crippen LogP contribution in [0.1, 0.15) is 10.5 Å². The first-order valence-electron chi connectivity index (χ1n) is 5.03. The Labute approximate surface area is 97.9 Å². The first-order chi connectivity index (χ1) is 7.99. The Kier molecular flexibility index (Phi) is 2.59. The molecule has 0 saturated carbocycles. The molecule has 0 aliphatic carbocycles. The van der Waals surface area contributed by atoms with Crippen molar-refractivity contribution in [1.29, 1.82) is 0 Å². The summed E-state index contributed by atoms with van der Waals surface area (Å²) in [4.78, 5) is 16.6. The third-order valence-corrected chi connectivity index (χ3v) is 2.51. The van der Waals surface area contributed by atoms with Gasteiger partial charge < -0.3 is 15.1 Å². The fraction of sp³-hybridized carbons (Fsp3) is 0.167. The number of benzene rings is 1. The SMILES string of the molecule is CN(C)c1ccc2nc(C(=O)O)cc(O)c2c1. The minimum Gasteiger partial charge on any atom is -0.507 e. The summed E-state index contributed by atoms with van der Waals surface area (Å²) >= 11 is 0. The van der Waals surface area contributed by atoms with Crippen molar-refractivity contribution in [1.82, 2.24) is 4.98 Å². The van der Waals surface area contributed by atoms with Crippen LogP contribution in [0.15, 0.2) is 24.3 Å². The molecule has 5 heteroatoms. The highest BCUT2D eigenvalue weighted by atomic mass is 16.4. The molecule has 88 valence electrons. The van der Waals surface area contributed by atoms with Crippen LogP contribution in [0.4, 0.5) is 5.69 Å². The fourth-order valence-electron chi connectivity index (χ4n) is 1.58. The third-order valence-electron chi connectivity index (χ3n) is 2.51. The zero-order chi connectivity index (χ0) is 12.6. The summed E-state index contributed by atoms with van der Waals surface area (Å²) < 4.78 is 0. The number of pyridine rings is 1. The number of nitrogens with zero attached hydrogens (tertiary/aromatic N) is 2. The Balaban J connectivity index is 2.68. The van der Waals surface area contributed by atoms with Crippen molar-refractivity contribution in [2.45, 2.75) is 0 Å². The lowest BCUT2D eigenvalue weighted by Crippen LogP contribution is -2.08. The molecule has 1 aromatic carbocycles. The van der Waals surface area contributed by atoms with Crippen LogP contribution in [0.3, 0.4) is 0 Å². The van der Waals surface area contributed by atoms with Crippen molar-refractivity contribution < 1.29 is 15.0 Å². The summed E-state index contributed by atoms with van der Waals surface area (Å²) in [7, 11) is 3.77.